The van der Waals surface area contributed by atoms with Gasteiger partial charge in [-0.1, -0.05) is 6.92 Å². The number of benzene rings is 1. The first kappa shape index (κ1) is 18.1. The normalized spacial score (nSPS) is 19.8. The highest BCUT2D eigenvalue weighted by molar-refractivity contribution is 5.81. The highest BCUT2D eigenvalue weighted by Gasteiger charge is 2.37. The fourth-order valence-corrected chi connectivity index (χ4v) is 3.52. The van der Waals surface area contributed by atoms with Crippen molar-refractivity contribution in [2.24, 2.45) is 11.8 Å². The number of halogens is 1. The quantitative estimate of drug-likeness (QED) is 0.909. The predicted octanol–water partition coefficient (Wildman–Crippen LogP) is 2.35. The maximum Gasteiger partial charge on any atom is 0.308 e. The van der Waals surface area contributed by atoms with Crippen molar-refractivity contribution in [1.82, 2.24) is 14.7 Å². The molecule has 0 aliphatic carbocycles. The third kappa shape index (κ3) is 3.34. The van der Waals surface area contributed by atoms with Crippen molar-refractivity contribution in [3.05, 3.63) is 47.0 Å². The Hall–Kier alpha value is -2.70. The van der Waals surface area contributed by atoms with Crippen LogP contribution in [0.15, 0.2) is 24.3 Å². The molecule has 1 aromatic carbocycles. The maximum atomic E-state index is 13.1. The Morgan fingerprint density at radius 3 is 2.46 bits per heavy atom. The monoisotopic (exact) mass is 359 g/mol. The van der Waals surface area contributed by atoms with Crippen LogP contribution in [0.25, 0.3) is 5.69 Å². The van der Waals surface area contributed by atoms with Crippen LogP contribution in [0, 0.1) is 31.5 Å². The summed E-state index contributed by atoms with van der Waals surface area (Å²) < 4.78 is 14.8. The minimum atomic E-state index is -0.857. The van der Waals surface area contributed by atoms with E-state index in [1.165, 1.54) is 12.1 Å². The second kappa shape index (κ2) is 6.90. The summed E-state index contributed by atoms with van der Waals surface area (Å²) in [6.45, 7) is 6.27. The van der Waals surface area contributed by atoms with Crippen molar-refractivity contribution < 1.29 is 19.1 Å². The minimum absolute atomic E-state index is 0.0550. The average Bonchev–Trinajstić information content (AvgIpc) is 3.11. The van der Waals surface area contributed by atoms with E-state index in [0.29, 0.717) is 6.54 Å². The lowest BCUT2D eigenvalue weighted by atomic mass is 9.99. The number of rotatable bonds is 4. The van der Waals surface area contributed by atoms with Crippen molar-refractivity contribution in [2.75, 3.05) is 13.1 Å². The van der Waals surface area contributed by atoms with Crippen LogP contribution in [-0.2, 0) is 16.0 Å². The van der Waals surface area contributed by atoms with E-state index in [0.717, 1.165) is 22.6 Å². The standard InChI is InChI=1S/C19H22FN3O3/c1-11-9-22(10-17(11)19(25)26)18(24)8-16-12(2)21-23(13(16)3)15-6-4-14(20)5-7-15/h4-7,11,17H,8-10H2,1-3H3,(H,25,26)/t11-,17-/m1/s1. The van der Waals surface area contributed by atoms with Crippen LogP contribution >= 0.6 is 0 Å². The number of aliphatic carboxylic acids is 1. The molecule has 0 spiro atoms. The summed E-state index contributed by atoms with van der Waals surface area (Å²) in [6.07, 6.45) is 0.178. The second-order valence-electron chi connectivity index (χ2n) is 6.94. The summed E-state index contributed by atoms with van der Waals surface area (Å²) in [5.74, 6) is -1.83. The molecule has 0 unspecified atom stereocenters. The summed E-state index contributed by atoms with van der Waals surface area (Å²) in [4.78, 5) is 25.5. The van der Waals surface area contributed by atoms with Gasteiger partial charge in [-0.3, -0.25) is 9.59 Å². The number of carbonyl (C=O) groups is 2. The van der Waals surface area contributed by atoms with Gasteiger partial charge in [-0.2, -0.15) is 5.10 Å². The smallest absolute Gasteiger partial charge is 0.308 e. The molecule has 26 heavy (non-hydrogen) atoms. The molecule has 2 aromatic rings. The molecular formula is C19H22FN3O3. The van der Waals surface area contributed by atoms with Crippen molar-refractivity contribution in [3.8, 4) is 5.69 Å². The lowest BCUT2D eigenvalue weighted by Crippen LogP contribution is -2.31. The van der Waals surface area contributed by atoms with Crippen molar-refractivity contribution in [1.29, 1.82) is 0 Å². The van der Waals surface area contributed by atoms with Crippen LogP contribution in [-0.4, -0.2) is 44.8 Å². The Morgan fingerprint density at radius 2 is 1.88 bits per heavy atom. The van der Waals surface area contributed by atoms with Gasteiger partial charge in [0.15, 0.2) is 0 Å². The summed E-state index contributed by atoms with van der Waals surface area (Å²) >= 11 is 0. The molecule has 2 atom stereocenters. The molecule has 7 heteroatoms. The number of hydrogen-bond acceptors (Lipinski definition) is 3. The molecule has 1 fully saturated rings. The molecule has 3 rings (SSSR count). The van der Waals surface area contributed by atoms with Gasteiger partial charge in [0.25, 0.3) is 0 Å². The van der Waals surface area contributed by atoms with Gasteiger partial charge in [0, 0.05) is 24.3 Å². The minimum Gasteiger partial charge on any atom is -0.481 e. The largest absolute Gasteiger partial charge is 0.481 e. The molecule has 1 aromatic heterocycles. The van der Waals surface area contributed by atoms with Gasteiger partial charge < -0.3 is 10.0 Å². The van der Waals surface area contributed by atoms with Crippen LogP contribution in [0.3, 0.4) is 0 Å². The summed E-state index contributed by atoms with van der Waals surface area (Å²) in [5, 5.41) is 13.7. The second-order valence-corrected chi connectivity index (χ2v) is 6.94. The van der Waals surface area contributed by atoms with Crippen LogP contribution < -0.4 is 0 Å². The van der Waals surface area contributed by atoms with Crippen LogP contribution in [0.5, 0.6) is 0 Å². The number of carboxylic acid groups (broad SMARTS) is 1. The Bertz CT molecular complexity index is 844. The van der Waals surface area contributed by atoms with Crippen molar-refractivity contribution >= 4 is 11.9 Å². The van der Waals surface area contributed by atoms with Crippen LogP contribution in [0.4, 0.5) is 4.39 Å². The number of hydrogen-bond donors (Lipinski definition) is 1. The Morgan fingerprint density at radius 1 is 1.23 bits per heavy atom. The summed E-state index contributed by atoms with van der Waals surface area (Å²) in [6, 6.07) is 6.02. The van der Waals surface area contributed by atoms with Gasteiger partial charge in [0.1, 0.15) is 5.82 Å². The van der Waals surface area contributed by atoms with Crippen molar-refractivity contribution in [2.45, 2.75) is 27.2 Å². The molecule has 1 aliphatic heterocycles. The zero-order valence-corrected chi connectivity index (χ0v) is 15.1. The van der Waals surface area contributed by atoms with E-state index >= 15 is 0 Å². The number of carbonyl (C=O) groups excluding carboxylic acids is 1. The molecule has 6 nitrogen and oxygen atoms in total. The third-order valence-electron chi connectivity index (χ3n) is 5.12. The molecular weight excluding hydrogens is 337 g/mol. The molecule has 0 radical (unpaired) electrons. The third-order valence-corrected chi connectivity index (χ3v) is 5.12. The zero-order chi connectivity index (χ0) is 19.0. The fraction of sp³-hybridized carbons (Fsp3) is 0.421. The van der Waals surface area contributed by atoms with E-state index < -0.39 is 11.9 Å². The molecule has 1 saturated heterocycles. The van der Waals surface area contributed by atoms with Crippen LogP contribution in [0.1, 0.15) is 23.9 Å². The van der Waals surface area contributed by atoms with E-state index in [4.69, 9.17) is 0 Å². The Labute approximate surface area is 151 Å². The van der Waals surface area contributed by atoms with Gasteiger partial charge in [-0.15, -0.1) is 0 Å². The number of carboxylic acids is 1. The van der Waals surface area contributed by atoms with E-state index in [-0.39, 0.29) is 30.6 Å². The van der Waals surface area contributed by atoms with E-state index in [1.807, 2.05) is 20.8 Å². The van der Waals surface area contributed by atoms with E-state index in [9.17, 15) is 19.1 Å². The first-order valence-corrected chi connectivity index (χ1v) is 8.59. The number of amides is 1. The first-order chi connectivity index (χ1) is 12.3. The predicted molar refractivity (Wildman–Crippen MR) is 93.6 cm³/mol. The highest BCUT2D eigenvalue weighted by Crippen LogP contribution is 2.25. The van der Waals surface area contributed by atoms with E-state index in [2.05, 4.69) is 5.10 Å². The van der Waals surface area contributed by atoms with Gasteiger partial charge in [0.05, 0.1) is 23.7 Å². The summed E-state index contributed by atoms with van der Waals surface area (Å²) in [7, 11) is 0. The molecule has 2 heterocycles. The Balaban J connectivity index is 1.79. The number of aromatic nitrogens is 2. The van der Waals surface area contributed by atoms with Gasteiger partial charge >= 0.3 is 5.97 Å². The molecule has 1 aliphatic rings. The average molecular weight is 359 g/mol. The number of likely N-dealkylation sites (tertiary alicyclic amines) is 1. The SMILES string of the molecule is Cc1nn(-c2ccc(F)cc2)c(C)c1CC(=O)N1C[C@@H](C)[C@H](C(=O)O)C1. The molecule has 1 N–H and O–H groups in total. The van der Waals surface area contributed by atoms with Gasteiger partial charge in [-0.05, 0) is 44.0 Å². The molecule has 138 valence electrons. The van der Waals surface area contributed by atoms with E-state index in [1.54, 1.807) is 21.7 Å². The topological polar surface area (TPSA) is 75.4 Å². The van der Waals surface area contributed by atoms with Crippen LogP contribution in [0.2, 0.25) is 0 Å². The zero-order valence-electron chi connectivity index (χ0n) is 15.1. The number of nitrogens with zero attached hydrogens (tertiary/aromatic N) is 3. The van der Waals surface area contributed by atoms with Gasteiger partial charge in [-0.25, -0.2) is 9.07 Å². The molecule has 0 bridgehead atoms. The van der Waals surface area contributed by atoms with Gasteiger partial charge in [0.2, 0.25) is 5.91 Å². The summed E-state index contributed by atoms with van der Waals surface area (Å²) in [5.41, 5.74) is 3.11. The van der Waals surface area contributed by atoms with Crippen molar-refractivity contribution in [3.63, 3.8) is 0 Å². The fourth-order valence-electron chi connectivity index (χ4n) is 3.52. The highest BCUT2D eigenvalue weighted by atomic mass is 19.1. The molecule has 1 amide bonds. The molecule has 0 saturated carbocycles. The Kier molecular flexibility index (Phi) is 4.80. The maximum absolute atomic E-state index is 13.1. The lowest BCUT2D eigenvalue weighted by molar-refractivity contribution is -0.142. The number of aryl methyl sites for hydroxylation is 1. The lowest BCUT2D eigenvalue weighted by Gasteiger charge is -2.16. The first-order valence-electron chi connectivity index (χ1n) is 8.59.